The van der Waals surface area contributed by atoms with E-state index >= 15 is 0 Å². The third-order valence-electron chi connectivity index (χ3n) is 2.43. The van der Waals surface area contributed by atoms with Crippen LogP contribution in [0.5, 0.6) is 0 Å². The predicted octanol–water partition coefficient (Wildman–Crippen LogP) is 2.09. The molecule has 1 aliphatic heterocycles. The van der Waals surface area contributed by atoms with Gasteiger partial charge in [-0.3, -0.25) is 0 Å². The fourth-order valence-electron chi connectivity index (χ4n) is 1.59. The lowest BCUT2D eigenvalue weighted by Crippen LogP contribution is -2.12. The van der Waals surface area contributed by atoms with E-state index in [0.717, 1.165) is 6.54 Å². The Bertz CT molecular complexity index is 289. The summed E-state index contributed by atoms with van der Waals surface area (Å²) in [6.45, 7) is 1.13. The molecule has 0 amide bonds. The summed E-state index contributed by atoms with van der Waals surface area (Å²) in [5.41, 5.74) is 2.65. The number of anilines is 1. The second-order valence-corrected chi connectivity index (χ2v) is 4.90. The van der Waals surface area contributed by atoms with Crippen molar-refractivity contribution in [3.8, 4) is 0 Å². The largest absolute Gasteiger partial charge is 0.378 e. The second kappa shape index (κ2) is 4.24. The summed E-state index contributed by atoms with van der Waals surface area (Å²) < 4.78 is 0. The third kappa shape index (κ3) is 2.04. The standard InChI is InChI=1S/C11H16N2S/c1-13(2)10-5-3-9(4-6-10)11-12-7-8-14-11/h3-6,11-12H,7-8H2,1-2H3/t11-/m0/s1. The SMILES string of the molecule is CN(C)c1ccc([C@H]2NCCS2)cc1. The molecule has 0 aromatic heterocycles. The minimum atomic E-state index is 0.506. The maximum absolute atomic E-state index is 3.47. The molecule has 1 saturated heterocycles. The first-order chi connectivity index (χ1) is 6.77. The number of rotatable bonds is 2. The minimum absolute atomic E-state index is 0.506. The van der Waals surface area contributed by atoms with Crippen molar-refractivity contribution in [3.05, 3.63) is 29.8 Å². The van der Waals surface area contributed by atoms with Gasteiger partial charge in [-0.25, -0.2) is 0 Å². The molecule has 3 heteroatoms. The Morgan fingerprint density at radius 3 is 2.50 bits per heavy atom. The van der Waals surface area contributed by atoms with Gasteiger partial charge in [0.2, 0.25) is 0 Å². The summed E-state index contributed by atoms with van der Waals surface area (Å²) in [6.07, 6.45) is 0. The summed E-state index contributed by atoms with van der Waals surface area (Å²) in [5, 5.41) is 3.98. The molecule has 0 spiro atoms. The quantitative estimate of drug-likeness (QED) is 0.801. The van der Waals surface area contributed by atoms with E-state index in [2.05, 4.69) is 48.6 Å². The van der Waals surface area contributed by atoms with Crippen molar-refractivity contribution in [1.82, 2.24) is 5.32 Å². The molecule has 0 bridgehead atoms. The molecular formula is C11H16N2S. The van der Waals surface area contributed by atoms with Gasteiger partial charge in [0.05, 0.1) is 5.37 Å². The van der Waals surface area contributed by atoms with Gasteiger partial charge in [-0.2, -0.15) is 0 Å². The molecule has 0 unspecified atom stereocenters. The van der Waals surface area contributed by atoms with Crippen LogP contribution in [0.1, 0.15) is 10.9 Å². The maximum Gasteiger partial charge on any atom is 0.0790 e. The van der Waals surface area contributed by atoms with Gasteiger partial charge in [-0.15, -0.1) is 11.8 Å². The van der Waals surface area contributed by atoms with Gasteiger partial charge in [0.25, 0.3) is 0 Å². The van der Waals surface area contributed by atoms with Crippen molar-refractivity contribution in [2.24, 2.45) is 0 Å². The van der Waals surface area contributed by atoms with E-state index in [-0.39, 0.29) is 0 Å². The number of nitrogens with zero attached hydrogens (tertiary/aromatic N) is 1. The normalized spacial score (nSPS) is 21.1. The third-order valence-corrected chi connectivity index (χ3v) is 3.64. The molecule has 1 aromatic rings. The Morgan fingerprint density at radius 1 is 1.29 bits per heavy atom. The van der Waals surface area contributed by atoms with Crippen LogP contribution >= 0.6 is 11.8 Å². The van der Waals surface area contributed by atoms with Crippen molar-refractivity contribution in [3.63, 3.8) is 0 Å². The van der Waals surface area contributed by atoms with Crippen LogP contribution in [0.4, 0.5) is 5.69 Å². The van der Waals surface area contributed by atoms with Crippen molar-refractivity contribution in [2.75, 3.05) is 31.3 Å². The fraction of sp³-hybridized carbons (Fsp3) is 0.455. The molecule has 1 N–H and O–H groups in total. The Labute approximate surface area is 89.7 Å². The summed E-state index contributed by atoms with van der Waals surface area (Å²) in [7, 11) is 4.13. The number of thioether (sulfide) groups is 1. The van der Waals surface area contributed by atoms with Gasteiger partial charge < -0.3 is 10.2 Å². The average molecular weight is 208 g/mol. The second-order valence-electron chi connectivity index (χ2n) is 3.69. The van der Waals surface area contributed by atoms with Crippen LogP contribution in [0.2, 0.25) is 0 Å². The Morgan fingerprint density at radius 2 is 2.00 bits per heavy atom. The first-order valence-corrected chi connectivity index (χ1v) is 5.94. The zero-order valence-corrected chi connectivity index (χ0v) is 9.47. The van der Waals surface area contributed by atoms with E-state index in [4.69, 9.17) is 0 Å². The van der Waals surface area contributed by atoms with Crippen LogP contribution in [-0.2, 0) is 0 Å². The number of benzene rings is 1. The summed E-state index contributed by atoms with van der Waals surface area (Å²) in [6, 6.07) is 8.78. The molecule has 0 aliphatic carbocycles. The van der Waals surface area contributed by atoms with E-state index in [9.17, 15) is 0 Å². The van der Waals surface area contributed by atoms with Crippen LogP contribution in [-0.4, -0.2) is 26.4 Å². The topological polar surface area (TPSA) is 15.3 Å². The van der Waals surface area contributed by atoms with Gasteiger partial charge in [0.15, 0.2) is 0 Å². The van der Waals surface area contributed by atoms with E-state index < -0.39 is 0 Å². The van der Waals surface area contributed by atoms with Gasteiger partial charge in [0, 0.05) is 32.1 Å². The lowest BCUT2D eigenvalue weighted by atomic mass is 10.2. The first-order valence-electron chi connectivity index (χ1n) is 4.89. The van der Waals surface area contributed by atoms with E-state index in [0.29, 0.717) is 5.37 Å². The molecule has 1 fully saturated rings. The molecular weight excluding hydrogens is 192 g/mol. The molecule has 1 aromatic carbocycles. The van der Waals surface area contributed by atoms with Gasteiger partial charge in [-0.1, -0.05) is 12.1 Å². The molecule has 1 heterocycles. The van der Waals surface area contributed by atoms with Crippen molar-refractivity contribution >= 4 is 17.4 Å². The molecule has 0 radical (unpaired) electrons. The predicted molar refractivity (Wildman–Crippen MR) is 64.0 cm³/mol. The van der Waals surface area contributed by atoms with E-state index in [1.807, 2.05) is 11.8 Å². The van der Waals surface area contributed by atoms with Crippen molar-refractivity contribution in [2.45, 2.75) is 5.37 Å². The van der Waals surface area contributed by atoms with Gasteiger partial charge >= 0.3 is 0 Å². The summed E-state index contributed by atoms with van der Waals surface area (Å²) in [4.78, 5) is 2.12. The smallest absolute Gasteiger partial charge is 0.0790 e. The molecule has 1 aliphatic rings. The highest BCUT2D eigenvalue weighted by atomic mass is 32.2. The Hall–Kier alpha value is -0.670. The molecule has 0 saturated carbocycles. The highest BCUT2D eigenvalue weighted by Crippen LogP contribution is 2.30. The lowest BCUT2D eigenvalue weighted by molar-refractivity contribution is 0.751. The lowest BCUT2D eigenvalue weighted by Gasteiger charge is -2.14. The summed E-state index contributed by atoms with van der Waals surface area (Å²) >= 11 is 1.99. The highest BCUT2D eigenvalue weighted by molar-refractivity contribution is 7.99. The van der Waals surface area contributed by atoms with Crippen LogP contribution in [0, 0.1) is 0 Å². The molecule has 2 nitrogen and oxygen atoms in total. The van der Waals surface area contributed by atoms with Crippen molar-refractivity contribution < 1.29 is 0 Å². The number of nitrogens with one attached hydrogen (secondary N) is 1. The first kappa shape index (κ1) is 9.87. The highest BCUT2D eigenvalue weighted by Gasteiger charge is 2.16. The molecule has 2 rings (SSSR count). The van der Waals surface area contributed by atoms with Gasteiger partial charge in [-0.05, 0) is 17.7 Å². The summed E-state index contributed by atoms with van der Waals surface area (Å²) in [5.74, 6) is 1.22. The van der Waals surface area contributed by atoms with Crippen LogP contribution in [0.15, 0.2) is 24.3 Å². The zero-order chi connectivity index (χ0) is 9.97. The van der Waals surface area contributed by atoms with Gasteiger partial charge in [0.1, 0.15) is 0 Å². The van der Waals surface area contributed by atoms with Crippen molar-refractivity contribution in [1.29, 1.82) is 0 Å². The number of hydrogen-bond donors (Lipinski definition) is 1. The molecule has 14 heavy (non-hydrogen) atoms. The minimum Gasteiger partial charge on any atom is -0.378 e. The maximum atomic E-state index is 3.47. The average Bonchev–Trinajstić information content (AvgIpc) is 2.71. The van der Waals surface area contributed by atoms with Crippen LogP contribution < -0.4 is 10.2 Å². The number of hydrogen-bond acceptors (Lipinski definition) is 3. The molecule has 76 valence electrons. The van der Waals surface area contributed by atoms with Crippen LogP contribution in [0.3, 0.4) is 0 Å². The molecule has 1 atom stereocenters. The van der Waals surface area contributed by atoms with E-state index in [1.54, 1.807) is 0 Å². The monoisotopic (exact) mass is 208 g/mol. The Kier molecular flexibility index (Phi) is 2.99. The fourth-order valence-corrected chi connectivity index (χ4v) is 2.64. The zero-order valence-electron chi connectivity index (χ0n) is 8.66. The Balaban J connectivity index is 2.12. The van der Waals surface area contributed by atoms with Crippen LogP contribution in [0.25, 0.3) is 0 Å². The van der Waals surface area contributed by atoms with E-state index in [1.165, 1.54) is 17.0 Å².